The van der Waals surface area contributed by atoms with Gasteiger partial charge in [-0.05, 0) is 59.5 Å². The predicted octanol–water partition coefficient (Wildman–Crippen LogP) is 4.24. The van der Waals surface area contributed by atoms with Crippen molar-refractivity contribution < 1.29 is 0 Å². The highest BCUT2D eigenvalue weighted by molar-refractivity contribution is 14.1. The first kappa shape index (κ1) is 12.1. The van der Waals surface area contributed by atoms with Crippen LogP contribution in [0.2, 0.25) is 5.02 Å². The summed E-state index contributed by atoms with van der Waals surface area (Å²) in [6, 6.07) is 6.02. The van der Waals surface area contributed by atoms with Gasteiger partial charge in [-0.25, -0.2) is 0 Å². The monoisotopic (exact) mass is 378 g/mol. The number of nitrogens with one attached hydrogen (secondary N) is 1. The number of benzene rings is 1. The van der Waals surface area contributed by atoms with Gasteiger partial charge in [0, 0.05) is 8.82 Å². The van der Waals surface area contributed by atoms with Gasteiger partial charge in [-0.3, -0.25) is 4.99 Å². The first-order valence-electron chi connectivity index (χ1n) is 5.65. The number of aliphatic imine (C=N–C) groups is 1. The van der Waals surface area contributed by atoms with E-state index in [1.807, 2.05) is 30.0 Å². The van der Waals surface area contributed by atoms with Gasteiger partial charge in [0.05, 0.1) is 17.3 Å². The minimum atomic E-state index is 0.695. The van der Waals surface area contributed by atoms with Gasteiger partial charge in [0.2, 0.25) is 0 Å². The van der Waals surface area contributed by atoms with Crippen molar-refractivity contribution in [1.29, 1.82) is 0 Å². The quantitative estimate of drug-likeness (QED) is 0.779. The van der Waals surface area contributed by atoms with E-state index < -0.39 is 0 Å². The lowest BCUT2D eigenvalue weighted by Gasteiger charge is -2.09. The summed E-state index contributed by atoms with van der Waals surface area (Å²) in [6.45, 7) is 0.958. The largest absolute Gasteiger partial charge is 0.334 e. The Balaban J connectivity index is 1.66. The molecule has 1 unspecified atom stereocenters. The zero-order valence-electron chi connectivity index (χ0n) is 9.12. The second-order valence-corrected chi connectivity index (χ2v) is 7.27. The molecule has 1 aliphatic heterocycles. The predicted molar refractivity (Wildman–Crippen MR) is 84.2 cm³/mol. The lowest BCUT2D eigenvalue weighted by molar-refractivity contribution is 0.773. The van der Waals surface area contributed by atoms with Crippen LogP contribution in [0.25, 0.3) is 0 Å². The maximum absolute atomic E-state index is 6.19. The molecule has 1 aromatic rings. The molecule has 1 aromatic carbocycles. The van der Waals surface area contributed by atoms with Crippen molar-refractivity contribution >= 4 is 56.8 Å². The number of rotatable bonds is 2. The second kappa shape index (κ2) is 4.97. The Morgan fingerprint density at radius 2 is 2.24 bits per heavy atom. The van der Waals surface area contributed by atoms with Crippen molar-refractivity contribution in [2.24, 2.45) is 10.9 Å². The highest BCUT2D eigenvalue weighted by Crippen LogP contribution is 2.42. The summed E-state index contributed by atoms with van der Waals surface area (Å²) in [6.07, 6.45) is 2.76. The summed E-state index contributed by atoms with van der Waals surface area (Å²) in [4.78, 5) is 4.55. The molecule has 0 bridgehead atoms. The molecule has 0 saturated heterocycles. The third kappa shape index (κ3) is 2.90. The molecule has 1 aliphatic carbocycles. The summed E-state index contributed by atoms with van der Waals surface area (Å²) in [7, 11) is 0. The van der Waals surface area contributed by atoms with Crippen LogP contribution in [0.3, 0.4) is 0 Å². The van der Waals surface area contributed by atoms with E-state index in [0.29, 0.717) is 5.25 Å². The molecule has 0 amide bonds. The van der Waals surface area contributed by atoms with Gasteiger partial charge < -0.3 is 5.32 Å². The van der Waals surface area contributed by atoms with Crippen LogP contribution in [0.5, 0.6) is 0 Å². The number of hydrogen-bond donors (Lipinski definition) is 1. The van der Waals surface area contributed by atoms with E-state index in [1.54, 1.807) is 0 Å². The van der Waals surface area contributed by atoms with Crippen molar-refractivity contribution in [3.63, 3.8) is 0 Å². The third-order valence-corrected chi connectivity index (χ3v) is 5.27. The summed E-state index contributed by atoms with van der Waals surface area (Å²) in [5.41, 5.74) is 0.953. The van der Waals surface area contributed by atoms with Gasteiger partial charge in [-0.15, -0.1) is 0 Å². The fourth-order valence-corrected chi connectivity index (χ4v) is 4.00. The lowest BCUT2D eigenvalue weighted by atomic mass is 10.3. The molecule has 0 spiro atoms. The molecule has 2 nitrogen and oxygen atoms in total. The van der Waals surface area contributed by atoms with E-state index in [-0.39, 0.29) is 0 Å². The van der Waals surface area contributed by atoms with E-state index >= 15 is 0 Å². The molecule has 17 heavy (non-hydrogen) atoms. The molecule has 1 N–H and O–H groups in total. The Labute approximate surface area is 124 Å². The molecule has 0 aromatic heterocycles. The number of amidine groups is 1. The highest BCUT2D eigenvalue weighted by Gasteiger charge is 2.35. The van der Waals surface area contributed by atoms with Crippen LogP contribution in [0.15, 0.2) is 23.2 Å². The Morgan fingerprint density at radius 3 is 2.94 bits per heavy atom. The average Bonchev–Trinajstić information content (AvgIpc) is 3.04. The lowest BCUT2D eigenvalue weighted by Crippen LogP contribution is -2.09. The van der Waals surface area contributed by atoms with Crippen LogP contribution in [-0.4, -0.2) is 17.0 Å². The Hall–Kier alpha value is 0.0600. The minimum Gasteiger partial charge on any atom is -0.334 e. The molecule has 1 heterocycles. The number of halogens is 2. The fraction of sp³-hybridized carbons (Fsp3) is 0.417. The first-order valence-corrected chi connectivity index (χ1v) is 7.99. The molecular formula is C12H12ClIN2S. The van der Waals surface area contributed by atoms with Crippen molar-refractivity contribution in [1.82, 2.24) is 0 Å². The van der Waals surface area contributed by atoms with E-state index in [1.165, 1.54) is 12.8 Å². The van der Waals surface area contributed by atoms with Gasteiger partial charge >= 0.3 is 0 Å². The van der Waals surface area contributed by atoms with Gasteiger partial charge in [0.1, 0.15) is 0 Å². The van der Waals surface area contributed by atoms with Crippen molar-refractivity contribution in [3.8, 4) is 0 Å². The summed E-state index contributed by atoms with van der Waals surface area (Å²) >= 11 is 10.3. The molecule has 1 saturated carbocycles. The Morgan fingerprint density at radius 1 is 1.41 bits per heavy atom. The van der Waals surface area contributed by atoms with Crippen LogP contribution < -0.4 is 5.32 Å². The smallest absolute Gasteiger partial charge is 0.161 e. The van der Waals surface area contributed by atoms with Crippen molar-refractivity contribution in [2.45, 2.75) is 18.1 Å². The molecule has 5 heteroatoms. The van der Waals surface area contributed by atoms with Crippen LogP contribution in [0.4, 0.5) is 5.69 Å². The van der Waals surface area contributed by atoms with Crippen LogP contribution >= 0.6 is 46.0 Å². The topological polar surface area (TPSA) is 24.4 Å². The average molecular weight is 379 g/mol. The van der Waals surface area contributed by atoms with Crippen molar-refractivity contribution in [2.75, 3.05) is 11.9 Å². The van der Waals surface area contributed by atoms with Crippen LogP contribution in [0.1, 0.15) is 12.8 Å². The number of thioether (sulfide) groups is 1. The molecule has 1 fully saturated rings. The van der Waals surface area contributed by atoms with Crippen molar-refractivity contribution in [3.05, 3.63) is 26.8 Å². The molecule has 2 aliphatic rings. The van der Waals surface area contributed by atoms with Gasteiger partial charge in [-0.2, -0.15) is 0 Å². The Kier molecular flexibility index (Phi) is 3.54. The molecule has 3 rings (SSSR count). The summed E-state index contributed by atoms with van der Waals surface area (Å²) < 4.78 is 1.15. The Bertz CT molecular complexity index is 474. The van der Waals surface area contributed by atoms with E-state index in [4.69, 9.17) is 11.6 Å². The minimum absolute atomic E-state index is 0.695. The standard InChI is InChI=1S/C12H12ClIN2S/c13-9-5-8(14)3-4-10(9)16-12-15-6-11(17-12)7-1-2-7/h3-5,7,11H,1-2,6H2,(H,15,16). The number of hydrogen-bond acceptors (Lipinski definition) is 3. The molecular weight excluding hydrogens is 367 g/mol. The number of nitrogens with zero attached hydrogens (tertiary/aromatic N) is 1. The second-order valence-electron chi connectivity index (χ2n) is 4.39. The molecule has 90 valence electrons. The highest BCUT2D eigenvalue weighted by atomic mass is 127. The number of anilines is 1. The van der Waals surface area contributed by atoms with Gasteiger partial charge in [-0.1, -0.05) is 23.4 Å². The van der Waals surface area contributed by atoms with Gasteiger partial charge in [0.25, 0.3) is 0 Å². The van der Waals surface area contributed by atoms with E-state index in [9.17, 15) is 0 Å². The third-order valence-electron chi connectivity index (χ3n) is 3.00. The fourth-order valence-electron chi connectivity index (χ4n) is 1.88. The zero-order valence-corrected chi connectivity index (χ0v) is 12.8. The van der Waals surface area contributed by atoms with Crippen LogP contribution in [0, 0.1) is 9.49 Å². The SMILES string of the molecule is Clc1cc(I)ccc1NC1=NCC(C2CC2)S1. The van der Waals surface area contributed by atoms with Crippen LogP contribution in [-0.2, 0) is 0 Å². The zero-order chi connectivity index (χ0) is 11.8. The normalized spacial score (nSPS) is 23.6. The molecule has 0 radical (unpaired) electrons. The maximum atomic E-state index is 6.19. The van der Waals surface area contributed by atoms with E-state index in [2.05, 4.69) is 32.9 Å². The van der Waals surface area contributed by atoms with Gasteiger partial charge in [0.15, 0.2) is 5.17 Å². The summed E-state index contributed by atoms with van der Waals surface area (Å²) in [5, 5.41) is 5.80. The molecule has 1 atom stereocenters. The maximum Gasteiger partial charge on any atom is 0.161 e. The van der Waals surface area contributed by atoms with E-state index in [0.717, 1.165) is 31.9 Å². The first-order chi connectivity index (χ1) is 8.22. The summed E-state index contributed by atoms with van der Waals surface area (Å²) in [5.74, 6) is 0.898.